The molecule has 0 amide bonds. The molecule has 1 fully saturated rings. The van der Waals surface area contributed by atoms with Crippen molar-refractivity contribution in [2.45, 2.75) is 20.4 Å². The number of rotatable bonds is 4. The predicted molar refractivity (Wildman–Crippen MR) is 105 cm³/mol. The van der Waals surface area contributed by atoms with Crippen molar-refractivity contribution in [1.29, 1.82) is 0 Å². The summed E-state index contributed by atoms with van der Waals surface area (Å²) in [7, 11) is 0. The molecule has 25 heavy (non-hydrogen) atoms. The number of nitrogens with zero attached hydrogens (tertiary/aromatic N) is 4. The van der Waals surface area contributed by atoms with Crippen LogP contribution in [0.15, 0.2) is 47.2 Å². The molecule has 0 N–H and O–H groups in total. The zero-order valence-corrected chi connectivity index (χ0v) is 15.7. The van der Waals surface area contributed by atoms with Gasteiger partial charge in [0.1, 0.15) is 0 Å². The van der Waals surface area contributed by atoms with Crippen LogP contribution in [0, 0.1) is 13.8 Å². The Labute approximate surface area is 153 Å². The molecular weight excluding hydrogens is 328 g/mol. The molecule has 0 bridgehead atoms. The average molecular weight is 353 g/mol. The summed E-state index contributed by atoms with van der Waals surface area (Å²) in [5, 5.41) is 9.22. The van der Waals surface area contributed by atoms with E-state index in [0.717, 1.165) is 44.1 Å². The van der Waals surface area contributed by atoms with Crippen LogP contribution in [-0.4, -0.2) is 40.9 Å². The van der Waals surface area contributed by atoms with E-state index in [9.17, 15) is 0 Å². The van der Waals surface area contributed by atoms with Crippen LogP contribution >= 0.6 is 11.3 Å². The number of hydrogen-bond donors (Lipinski definition) is 0. The normalized spacial score (nSPS) is 15.7. The number of thiophene rings is 1. The minimum Gasteiger partial charge on any atom is -0.366 e. The van der Waals surface area contributed by atoms with Gasteiger partial charge in [0.15, 0.2) is 0 Å². The molecule has 4 nitrogen and oxygen atoms in total. The third-order valence-corrected chi connectivity index (χ3v) is 5.66. The molecule has 0 radical (unpaired) electrons. The molecule has 130 valence electrons. The third kappa shape index (κ3) is 3.34. The van der Waals surface area contributed by atoms with Crippen molar-refractivity contribution in [2.75, 3.05) is 31.1 Å². The molecule has 3 heterocycles. The van der Waals surface area contributed by atoms with Crippen LogP contribution in [0.2, 0.25) is 0 Å². The first kappa shape index (κ1) is 16.4. The maximum atomic E-state index is 4.80. The van der Waals surface area contributed by atoms with E-state index >= 15 is 0 Å². The molecule has 0 spiro atoms. The second-order valence-corrected chi connectivity index (χ2v) is 7.44. The molecule has 1 saturated heterocycles. The number of benzene rings is 1. The SMILES string of the molecule is Cc1nn(-c2ccccc2)c(C)c1N1CCN(Cc2ccsc2)CC1. The zero-order valence-electron chi connectivity index (χ0n) is 14.9. The van der Waals surface area contributed by atoms with Crippen LogP contribution in [0.4, 0.5) is 5.69 Å². The second kappa shape index (κ2) is 7.02. The van der Waals surface area contributed by atoms with Crippen molar-refractivity contribution >= 4 is 17.0 Å². The molecule has 0 aliphatic carbocycles. The summed E-state index contributed by atoms with van der Waals surface area (Å²) in [6.45, 7) is 9.70. The summed E-state index contributed by atoms with van der Waals surface area (Å²) >= 11 is 1.78. The highest BCUT2D eigenvalue weighted by Crippen LogP contribution is 2.28. The standard InChI is InChI=1S/C20H24N4S/c1-16-20(17(2)24(21-16)19-6-4-3-5-7-19)23-11-9-22(10-12-23)14-18-8-13-25-15-18/h3-8,13,15H,9-12,14H2,1-2H3. The van der Waals surface area contributed by atoms with E-state index in [2.05, 4.69) is 69.4 Å². The van der Waals surface area contributed by atoms with Gasteiger partial charge in [-0.2, -0.15) is 16.4 Å². The number of para-hydroxylation sites is 1. The van der Waals surface area contributed by atoms with Gasteiger partial charge in [-0.1, -0.05) is 18.2 Å². The Bertz CT molecular complexity index is 815. The Kier molecular flexibility index (Phi) is 4.59. The van der Waals surface area contributed by atoms with Gasteiger partial charge in [0, 0.05) is 32.7 Å². The van der Waals surface area contributed by atoms with E-state index in [-0.39, 0.29) is 0 Å². The summed E-state index contributed by atoms with van der Waals surface area (Å²) in [5.74, 6) is 0. The summed E-state index contributed by atoms with van der Waals surface area (Å²) in [6, 6.07) is 12.6. The monoisotopic (exact) mass is 352 g/mol. The van der Waals surface area contributed by atoms with Gasteiger partial charge in [-0.3, -0.25) is 4.90 Å². The van der Waals surface area contributed by atoms with Gasteiger partial charge >= 0.3 is 0 Å². The van der Waals surface area contributed by atoms with Gasteiger partial charge in [-0.15, -0.1) is 0 Å². The Morgan fingerprint density at radius 3 is 2.44 bits per heavy atom. The third-order valence-electron chi connectivity index (χ3n) is 4.93. The molecule has 3 aromatic rings. The number of aromatic nitrogens is 2. The van der Waals surface area contributed by atoms with Crippen LogP contribution in [0.25, 0.3) is 5.69 Å². The molecule has 5 heteroatoms. The minimum absolute atomic E-state index is 1.06. The largest absolute Gasteiger partial charge is 0.366 e. The molecule has 1 aromatic carbocycles. The van der Waals surface area contributed by atoms with Crippen LogP contribution in [0.3, 0.4) is 0 Å². The van der Waals surface area contributed by atoms with E-state index in [1.165, 1.54) is 16.9 Å². The number of piperazine rings is 1. The lowest BCUT2D eigenvalue weighted by atomic mass is 10.2. The fourth-order valence-corrected chi connectivity index (χ4v) is 4.34. The van der Waals surface area contributed by atoms with Crippen molar-refractivity contribution < 1.29 is 0 Å². The first-order valence-electron chi connectivity index (χ1n) is 8.82. The van der Waals surface area contributed by atoms with Gasteiger partial charge in [-0.25, -0.2) is 4.68 Å². The van der Waals surface area contributed by atoms with Crippen molar-refractivity contribution in [3.63, 3.8) is 0 Å². The second-order valence-electron chi connectivity index (χ2n) is 6.66. The number of hydrogen-bond acceptors (Lipinski definition) is 4. The highest BCUT2D eigenvalue weighted by molar-refractivity contribution is 7.07. The lowest BCUT2D eigenvalue weighted by Crippen LogP contribution is -2.46. The maximum Gasteiger partial charge on any atom is 0.0834 e. The fourth-order valence-electron chi connectivity index (χ4n) is 3.68. The van der Waals surface area contributed by atoms with Gasteiger partial charge in [0.05, 0.1) is 22.8 Å². The summed E-state index contributed by atoms with van der Waals surface area (Å²) in [5.41, 5.74) is 6.22. The fraction of sp³-hybridized carbons (Fsp3) is 0.350. The van der Waals surface area contributed by atoms with Gasteiger partial charge in [0.25, 0.3) is 0 Å². The molecular formula is C20H24N4S. The average Bonchev–Trinajstić information content (AvgIpc) is 3.25. The van der Waals surface area contributed by atoms with Gasteiger partial charge < -0.3 is 4.90 Å². The summed E-state index contributed by atoms with van der Waals surface area (Å²) < 4.78 is 2.07. The van der Waals surface area contributed by atoms with E-state index in [0.29, 0.717) is 0 Å². The van der Waals surface area contributed by atoms with E-state index in [1.54, 1.807) is 11.3 Å². The molecule has 0 atom stereocenters. The quantitative estimate of drug-likeness (QED) is 0.712. The molecule has 1 aliphatic rings. The van der Waals surface area contributed by atoms with Crippen LogP contribution in [0.5, 0.6) is 0 Å². The number of anilines is 1. The van der Waals surface area contributed by atoms with Gasteiger partial charge in [-0.05, 0) is 48.4 Å². The van der Waals surface area contributed by atoms with Crippen molar-refractivity contribution in [3.05, 3.63) is 64.1 Å². The smallest absolute Gasteiger partial charge is 0.0834 e. The van der Waals surface area contributed by atoms with Crippen molar-refractivity contribution in [3.8, 4) is 5.69 Å². The maximum absolute atomic E-state index is 4.80. The molecule has 2 aromatic heterocycles. The minimum atomic E-state index is 1.06. The van der Waals surface area contributed by atoms with E-state index in [1.807, 2.05) is 6.07 Å². The molecule has 1 aliphatic heterocycles. The highest BCUT2D eigenvalue weighted by atomic mass is 32.1. The molecule has 4 rings (SSSR count). The first-order chi connectivity index (χ1) is 12.2. The topological polar surface area (TPSA) is 24.3 Å². The van der Waals surface area contributed by atoms with Crippen LogP contribution < -0.4 is 4.90 Å². The zero-order chi connectivity index (χ0) is 17.2. The highest BCUT2D eigenvalue weighted by Gasteiger charge is 2.23. The predicted octanol–water partition coefficient (Wildman–Crippen LogP) is 3.87. The first-order valence-corrected chi connectivity index (χ1v) is 9.76. The van der Waals surface area contributed by atoms with Gasteiger partial charge in [0.2, 0.25) is 0 Å². The Hall–Kier alpha value is -2.11. The van der Waals surface area contributed by atoms with Crippen molar-refractivity contribution in [1.82, 2.24) is 14.7 Å². The van der Waals surface area contributed by atoms with Crippen LogP contribution in [0.1, 0.15) is 17.0 Å². The van der Waals surface area contributed by atoms with Crippen molar-refractivity contribution in [2.24, 2.45) is 0 Å². The summed E-state index contributed by atoms with van der Waals surface area (Å²) in [6.07, 6.45) is 0. The lowest BCUT2D eigenvalue weighted by Gasteiger charge is -2.36. The molecule has 0 unspecified atom stereocenters. The Morgan fingerprint density at radius 1 is 1.00 bits per heavy atom. The number of aryl methyl sites for hydroxylation is 1. The van der Waals surface area contributed by atoms with E-state index in [4.69, 9.17) is 5.10 Å². The van der Waals surface area contributed by atoms with Crippen LogP contribution in [-0.2, 0) is 6.54 Å². The summed E-state index contributed by atoms with van der Waals surface area (Å²) in [4.78, 5) is 5.05. The van der Waals surface area contributed by atoms with E-state index < -0.39 is 0 Å². The molecule has 0 saturated carbocycles. The Balaban J connectivity index is 1.49. The Morgan fingerprint density at radius 2 is 1.76 bits per heavy atom. The lowest BCUT2D eigenvalue weighted by molar-refractivity contribution is 0.250.